The molecular formula is C11H17N3. The fourth-order valence-corrected chi connectivity index (χ4v) is 1.32. The van der Waals surface area contributed by atoms with Gasteiger partial charge in [0.25, 0.3) is 0 Å². The van der Waals surface area contributed by atoms with Gasteiger partial charge in [-0.05, 0) is 31.4 Å². The first-order valence-electron chi connectivity index (χ1n) is 4.87. The summed E-state index contributed by atoms with van der Waals surface area (Å²) in [6.07, 6.45) is 3.24. The van der Waals surface area contributed by atoms with E-state index in [2.05, 4.69) is 0 Å². The van der Waals surface area contributed by atoms with E-state index >= 15 is 0 Å². The van der Waals surface area contributed by atoms with Crippen molar-refractivity contribution in [1.29, 1.82) is 5.41 Å². The van der Waals surface area contributed by atoms with Gasteiger partial charge in [-0.25, -0.2) is 0 Å². The van der Waals surface area contributed by atoms with E-state index in [1.807, 2.05) is 24.3 Å². The van der Waals surface area contributed by atoms with Crippen molar-refractivity contribution in [1.82, 2.24) is 0 Å². The number of aryl methyl sites for hydroxylation is 1. The number of nitrogens with one attached hydrogen (secondary N) is 1. The number of amidine groups is 1. The third-order valence-corrected chi connectivity index (χ3v) is 2.18. The molecule has 3 nitrogen and oxygen atoms in total. The number of unbranched alkanes of at least 4 members (excludes halogenated alkanes) is 1. The van der Waals surface area contributed by atoms with E-state index in [4.69, 9.17) is 16.9 Å². The lowest BCUT2D eigenvalue weighted by molar-refractivity contribution is 0.745. The lowest BCUT2D eigenvalue weighted by atomic mass is 10.1. The lowest BCUT2D eigenvalue weighted by Crippen LogP contribution is -2.10. The first-order valence-corrected chi connectivity index (χ1v) is 4.87. The summed E-state index contributed by atoms with van der Waals surface area (Å²) in [6.45, 7) is 0.755. The van der Waals surface area contributed by atoms with Crippen LogP contribution in [0.5, 0.6) is 0 Å². The maximum Gasteiger partial charge on any atom is 0.122 e. The van der Waals surface area contributed by atoms with Gasteiger partial charge in [-0.15, -0.1) is 0 Å². The summed E-state index contributed by atoms with van der Waals surface area (Å²) in [5.74, 6) is 0.124. The zero-order valence-electron chi connectivity index (χ0n) is 8.29. The highest BCUT2D eigenvalue weighted by Gasteiger charge is 1.96. The van der Waals surface area contributed by atoms with Gasteiger partial charge in [0.1, 0.15) is 5.84 Å². The molecule has 0 radical (unpaired) electrons. The number of benzene rings is 1. The first kappa shape index (κ1) is 10.7. The van der Waals surface area contributed by atoms with Crippen LogP contribution >= 0.6 is 0 Å². The molecule has 0 saturated heterocycles. The normalized spacial score (nSPS) is 10.1. The highest BCUT2D eigenvalue weighted by atomic mass is 14.7. The van der Waals surface area contributed by atoms with Crippen LogP contribution in [0.15, 0.2) is 24.3 Å². The highest BCUT2D eigenvalue weighted by molar-refractivity contribution is 5.94. The van der Waals surface area contributed by atoms with Crippen molar-refractivity contribution in [2.24, 2.45) is 11.5 Å². The Kier molecular flexibility index (Phi) is 4.13. The molecule has 1 rings (SSSR count). The molecule has 76 valence electrons. The minimum atomic E-state index is 0.124. The van der Waals surface area contributed by atoms with Crippen LogP contribution in [0.3, 0.4) is 0 Å². The van der Waals surface area contributed by atoms with Crippen LogP contribution in [0.2, 0.25) is 0 Å². The minimum absolute atomic E-state index is 0.124. The Labute approximate surface area is 84.6 Å². The van der Waals surface area contributed by atoms with Crippen LogP contribution in [0, 0.1) is 5.41 Å². The summed E-state index contributed by atoms with van der Waals surface area (Å²) in [5.41, 5.74) is 12.8. The molecule has 0 bridgehead atoms. The largest absolute Gasteiger partial charge is 0.384 e. The maximum atomic E-state index is 7.23. The molecule has 0 heterocycles. The van der Waals surface area contributed by atoms with E-state index in [1.165, 1.54) is 5.56 Å². The van der Waals surface area contributed by atoms with Crippen molar-refractivity contribution in [2.75, 3.05) is 6.54 Å². The van der Waals surface area contributed by atoms with Gasteiger partial charge in [-0.3, -0.25) is 5.41 Å². The van der Waals surface area contributed by atoms with E-state index in [-0.39, 0.29) is 5.84 Å². The zero-order valence-corrected chi connectivity index (χ0v) is 8.29. The Morgan fingerprint density at radius 1 is 1.14 bits per heavy atom. The summed E-state index contributed by atoms with van der Waals surface area (Å²) in [4.78, 5) is 0. The number of hydrogen-bond acceptors (Lipinski definition) is 2. The molecule has 0 aliphatic rings. The lowest BCUT2D eigenvalue weighted by Gasteiger charge is -2.02. The fraction of sp³-hybridized carbons (Fsp3) is 0.364. The average molecular weight is 191 g/mol. The topological polar surface area (TPSA) is 75.9 Å². The molecule has 1 aromatic rings. The van der Waals surface area contributed by atoms with Crippen LogP contribution in [-0.4, -0.2) is 12.4 Å². The molecule has 3 heteroatoms. The standard InChI is InChI=1S/C11H17N3/c12-8-2-1-3-9-4-6-10(7-5-9)11(13)14/h4-7H,1-3,8,12H2,(H3,13,14). The minimum Gasteiger partial charge on any atom is -0.384 e. The summed E-state index contributed by atoms with van der Waals surface area (Å²) >= 11 is 0. The Hall–Kier alpha value is -1.35. The van der Waals surface area contributed by atoms with Crippen molar-refractivity contribution in [2.45, 2.75) is 19.3 Å². The molecule has 0 saturated carbocycles. The van der Waals surface area contributed by atoms with Gasteiger partial charge < -0.3 is 11.5 Å². The third kappa shape index (κ3) is 3.18. The Morgan fingerprint density at radius 3 is 2.29 bits per heavy atom. The molecule has 0 fully saturated rings. The second kappa shape index (κ2) is 5.40. The van der Waals surface area contributed by atoms with Gasteiger partial charge in [-0.2, -0.15) is 0 Å². The van der Waals surface area contributed by atoms with Gasteiger partial charge in [0, 0.05) is 5.56 Å². The second-order valence-electron chi connectivity index (χ2n) is 3.36. The molecule has 0 aliphatic heterocycles. The highest BCUT2D eigenvalue weighted by Crippen LogP contribution is 2.07. The van der Waals surface area contributed by atoms with Crippen molar-refractivity contribution < 1.29 is 0 Å². The Morgan fingerprint density at radius 2 is 1.79 bits per heavy atom. The van der Waals surface area contributed by atoms with Gasteiger partial charge in [0.05, 0.1) is 0 Å². The summed E-state index contributed by atoms with van der Waals surface area (Å²) in [5, 5.41) is 7.23. The molecule has 14 heavy (non-hydrogen) atoms. The third-order valence-electron chi connectivity index (χ3n) is 2.18. The molecule has 0 unspecified atom stereocenters. The van der Waals surface area contributed by atoms with Crippen LogP contribution in [0.1, 0.15) is 24.0 Å². The van der Waals surface area contributed by atoms with Gasteiger partial charge >= 0.3 is 0 Å². The predicted octanol–water partition coefficient (Wildman–Crippen LogP) is 1.25. The molecular weight excluding hydrogens is 174 g/mol. The summed E-state index contributed by atoms with van der Waals surface area (Å²) in [7, 11) is 0. The van der Waals surface area contributed by atoms with Gasteiger partial charge in [0.15, 0.2) is 0 Å². The molecule has 0 spiro atoms. The monoisotopic (exact) mass is 191 g/mol. The van der Waals surface area contributed by atoms with Crippen LogP contribution in [-0.2, 0) is 6.42 Å². The van der Waals surface area contributed by atoms with Crippen molar-refractivity contribution in [3.63, 3.8) is 0 Å². The molecule has 0 aromatic heterocycles. The van der Waals surface area contributed by atoms with Crippen LogP contribution in [0.4, 0.5) is 0 Å². The van der Waals surface area contributed by atoms with Gasteiger partial charge in [0.2, 0.25) is 0 Å². The van der Waals surface area contributed by atoms with E-state index < -0.39 is 0 Å². The number of nitrogens with two attached hydrogens (primary N) is 2. The van der Waals surface area contributed by atoms with Gasteiger partial charge in [-0.1, -0.05) is 24.3 Å². The zero-order chi connectivity index (χ0) is 10.4. The Bertz CT molecular complexity index is 290. The molecule has 1 aromatic carbocycles. The van der Waals surface area contributed by atoms with E-state index in [9.17, 15) is 0 Å². The van der Waals surface area contributed by atoms with Crippen molar-refractivity contribution in [3.05, 3.63) is 35.4 Å². The van der Waals surface area contributed by atoms with Crippen molar-refractivity contribution >= 4 is 5.84 Å². The number of nitrogen functional groups attached to an aromatic ring is 1. The summed E-state index contributed by atoms with van der Waals surface area (Å²) in [6, 6.07) is 7.82. The molecule has 0 aliphatic carbocycles. The fourth-order valence-electron chi connectivity index (χ4n) is 1.32. The first-order chi connectivity index (χ1) is 6.74. The number of rotatable bonds is 5. The Balaban J connectivity index is 2.51. The van der Waals surface area contributed by atoms with E-state index in [1.54, 1.807) is 0 Å². The summed E-state index contributed by atoms with van der Waals surface area (Å²) < 4.78 is 0. The number of hydrogen-bond donors (Lipinski definition) is 3. The predicted molar refractivity (Wildman–Crippen MR) is 59.5 cm³/mol. The van der Waals surface area contributed by atoms with Crippen molar-refractivity contribution in [3.8, 4) is 0 Å². The van der Waals surface area contributed by atoms with E-state index in [0.717, 1.165) is 31.4 Å². The van der Waals surface area contributed by atoms with E-state index in [0.29, 0.717) is 0 Å². The van der Waals surface area contributed by atoms with Crippen LogP contribution < -0.4 is 11.5 Å². The smallest absolute Gasteiger partial charge is 0.122 e. The maximum absolute atomic E-state index is 7.23. The SMILES string of the molecule is N=C(N)c1ccc(CCCCN)cc1. The second-order valence-corrected chi connectivity index (χ2v) is 3.36. The molecule has 0 atom stereocenters. The molecule has 5 N–H and O–H groups in total. The average Bonchev–Trinajstić information content (AvgIpc) is 2.19. The van der Waals surface area contributed by atoms with Crippen LogP contribution in [0.25, 0.3) is 0 Å². The molecule has 0 amide bonds. The quantitative estimate of drug-likeness (QED) is 0.372.